The van der Waals surface area contributed by atoms with Gasteiger partial charge in [-0.15, -0.1) is 0 Å². The molecular formula is C25H20F2N2O5S. The lowest BCUT2D eigenvalue weighted by Gasteiger charge is -2.13. The molecule has 0 radical (unpaired) electrons. The van der Waals surface area contributed by atoms with Gasteiger partial charge in [-0.05, 0) is 58.4 Å². The Morgan fingerprint density at radius 2 is 1.83 bits per heavy atom. The summed E-state index contributed by atoms with van der Waals surface area (Å²) in [6.07, 6.45) is 1.47. The van der Waals surface area contributed by atoms with Crippen molar-refractivity contribution in [3.8, 4) is 11.5 Å². The van der Waals surface area contributed by atoms with Crippen molar-refractivity contribution in [2.75, 3.05) is 20.2 Å². The number of rotatable bonds is 8. The lowest BCUT2D eigenvalue weighted by Crippen LogP contribution is -2.37. The molecule has 7 nitrogen and oxygen atoms in total. The maximum Gasteiger partial charge on any atom is 0.387 e. The third-order valence-electron chi connectivity index (χ3n) is 5.21. The number of amides is 3. The highest BCUT2D eigenvalue weighted by Gasteiger charge is 2.34. The highest BCUT2D eigenvalue weighted by atomic mass is 32.2. The van der Waals surface area contributed by atoms with Crippen LogP contribution >= 0.6 is 11.8 Å². The smallest absolute Gasteiger partial charge is 0.387 e. The van der Waals surface area contributed by atoms with E-state index in [0.29, 0.717) is 11.1 Å². The first-order valence-corrected chi connectivity index (χ1v) is 11.3. The van der Waals surface area contributed by atoms with Crippen molar-refractivity contribution in [2.24, 2.45) is 0 Å². The SMILES string of the molecule is COc1cc(/C=C2\SC(=O)N(CCNC(=O)c3ccc4ccccc4c3)C2=O)ccc1OC(F)F. The Morgan fingerprint density at radius 1 is 1.06 bits per heavy atom. The number of nitrogens with one attached hydrogen (secondary N) is 1. The topological polar surface area (TPSA) is 84.9 Å². The summed E-state index contributed by atoms with van der Waals surface area (Å²) in [5.41, 5.74) is 0.949. The molecule has 0 saturated carbocycles. The van der Waals surface area contributed by atoms with Crippen molar-refractivity contribution >= 4 is 45.7 Å². The van der Waals surface area contributed by atoms with Crippen molar-refractivity contribution in [1.29, 1.82) is 0 Å². The van der Waals surface area contributed by atoms with Crippen molar-refractivity contribution < 1.29 is 32.6 Å². The first-order chi connectivity index (χ1) is 16.9. The number of hydrogen-bond acceptors (Lipinski definition) is 6. The third-order valence-corrected chi connectivity index (χ3v) is 6.12. The quantitative estimate of drug-likeness (QED) is 0.444. The van der Waals surface area contributed by atoms with Gasteiger partial charge in [-0.25, -0.2) is 0 Å². The molecule has 35 heavy (non-hydrogen) atoms. The molecule has 1 heterocycles. The van der Waals surface area contributed by atoms with E-state index in [2.05, 4.69) is 10.1 Å². The molecule has 0 spiro atoms. The number of carbonyl (C=O) groups is 3. The van der Waals surface area contributed by atoms with E-state index < -0.39 is 17.8 Å². The number of halogens is 2. The Bertz CT molecular complexity index is 1330. The maximum absolute atomic E-state index is 12.7. The molecular weight excluding hydrogens is 478 g/mol. The van der Waals surface area contributed by atoms with Crippen LogP contribution in [0.2, 0.25) is 0 Å². The van der Waals surface area contributed by atoms with Gasteiger partial charge in [-0.2, -0.15) is 8.78 Å². The molecule has 3 amide bonds. The Hall–Kier alpha value is -3.92. The molecule has 0 aliphatic carbocycles. The van der Waals surface area contributed by atoms with Crippen LogP contribution in [0.3, 0.4) is 0 Å². The van der Waals surface area contributed by atoms with Gasteiger partial charge in [0.25, 0.3) is 17.1 Å². The minimum atomic E-state index is -3.01. The number of hydrogen-bond donors (Lipinski definition) is 1. The fourth-order valence-corrected chi connectivity index (χ4v) is 4.39. The monoisotopic (exact) mass is 498 g/mol. The highest BCUT2D eigenvalue weighted by Crippen LogP contribution is 2.34. The van der Waals surface area contributed by atoms with Crippen LogP contribution in [0, 0.1) is 0 Å². The van der Waals surface area contributed by atoms with Gasteiger partial charge < -0.3 is 14.8 Å². The highest BCUT2D eigenvalue weighted by molar-refractivity contribution is 8.18. The number of benzene rings is 3. The molecule has 10 heteroatoms. The van der Waals surface area contributed by atoms with Crippen LogP contribution in [-0.2, 0) is 4.79 Å². The van der Waals surface area contributed by atoms with Crippen LogP contribution in [0.4, 0.5) is 13.6 Å². The molecule has 0 bridgehead atoms. The van der Waals surface area contributed by atoms with Gasteiger partial charge in [-0.3, -0.25) is 19.3 Å². The molecule has 1 saturated heterocycles. The second kappa shape index (κ2) is 10.6. The molecule has 0 atom stereocenters. The minimum Gasteiger partial charge on any atom is -0.493 e. The fraction of sp³-hybridized carbons (Fsp3) is 0.160. The van der Waals surface area contributed by atoms with Gasteiger partial charge in [0.1, 0.15) is 0 Å². The molecule has 1 aliphatic rings. The molecule has 1 aliphatic heterocycles. The molecule has 0 unspecified atom stereocenters. The number of ether oxygens (including phenoxy) is 2. The molecule has 3 aromatic carbocycles. The molecule has 0 aromatic heterocycles. The first-order valence-electron chi connectivity index (χ1n) is 10.5. The Balaban J connectivity index is 1.38. The maximum atomic E-state index is 12.7. The summed E-state index contributed by atoms with van der Waals surface area (Å²) >= 11 is 0.755. The van der Waals surface area contributed by atoms with Crippen LogP contribution in [0.15, 0.2) is 65.6 Å². The standard InChI is InChI=1S/C25H20F2N2O5S/c1-33-20-12-15(6-9-19(20)34-24(26)27)13-21-23(31)29(25(32)35-21)11-10-28-22(30)18-8-7-16-4-2-3-5-17(16)14-18/h2-9,12-14,24H,10-11H2,1H3,(H,28,30)/b21-13-. The summed E-state index contributed by atoms with van der Waals surface area (Å²) in [7, 11) is 1.30. The van der Waals surface area contributed by atoms with Crippen molar-refractivity contribution in [2.45, 2.75) is 6.61 Å². The molecule has 3 aromatic rings. The number of carbonyl (C=O) groups excluding carboxylic acids is 3. The number of thioether (sulfide) groups is 1. The molecule has 4 rings (SSSR count). The van der Waals surface area contributed by atoms with Crippen molar-refractivity contribution in [3.63, 3.8) is 0 Å². The van der Waals surface area contributed by atoms with Crippen LogP contribution in [0.5, 0.6) is 11.5 Å². The Labute approximate surface area is 203 Å². The summed E-state index contributed by atoms with van der Waals surface area (Å²) in [5.74, 6) is -0.895. The minimum absolute atomic E-state index is 0.00577. The lowest BCUT2D eigenvalue weighted by atomic mass is 10.1. The summed E-state index contributed by atoms with van der Waals surface area (Å²) in [6.45, 7) is -2.91. The number of nitrogens with zero attached hydrogens (tertiary/aromatic N) is 1. The van der Waals surface area contributed by atoms with E-state index >= 15 is 0 Å². The summed E-state index contributed by atoms with van der Waals surface area (Å²) in [5, 5.41) is 4.21. The van der Waals surface area contributed by atoms with E-state index in [4.69, 9.17) is 4.74 Å². The van der Waals surface area contributed by atoms with E-state index in [1.165, 1.54) is 31.4 Å². The number of fused-ring (bicyclic) bond motifs is 1. The van der Waals surface area contributed by atoms with Crippen molar-refractivity contribution in [3.05, 3.63) is 76.7 Å². The number of imide groups is 1. The Morgan fingerprint density at radius 3 is 2.57 bits per heavy atom. The summed E-state index contributed by atoms with van der Waals surface area (Å²) < 4.78 is 34.5. The van der Waals surface area contributed by atoms with Crippen LogP contribution in [-0.4, -0.2) is 48.8 Å². The van der Waals surface area contributed by atoms with Gasteiger partial charge in [0.15, 0.2) is 11.5 Å². The zero-order valence-corrected chi connectivity index (χ0v) is 19.3. The first kappa shape index (κ1) is 24.2. The van der Waals surface area contributed by atoms with Gasteiger partial charge in [-0.1, -0.05) is 36.4 Å². The van der Waals surface area contributed by atoms with Crippen LogP contribution < -0.4 is 14.8 Å². The second-order valence-electron chi connectivity index (χ2n) is 7.44. The van der Waals surface area contributed by atoms with Gasteiger partial charge in [0.2, 0.25) is 0 Å². The van der Waals surface area contributed by atoms with Gasteiger partial charge in [0, 0.05) is 18.7 Å². The zero-order chi connectivity index (χ0) is 24.9. The third kappa shape index (κ3) is 5.60. The average molecular weight is 499 g/mol. The predicted octanol–water partition coefficient (Wildman–Crippen LogP) is 4.92. The fourth-order valence-electron chi connectivity index (χ4n) is 3.53. The predicted molar refractivity (Wildman–Crippen MR) is 129 cm³/mol. The normalized spacial score (nSPS) is 14.7. The van der Waals surface area contributed by atoms with Crippen molar-refractivity contribution in [1.82, 2.24) is 10.2 Å². The molecule has 1 N–H and O–H groups in total. The lowest BCUT2D eigenvalue weighted by molar-refractivity contribution is -0.122. The van der Waals surface area contributed by atoms with E-state index in [-0.39, 0.29) is 35.4 Å². The summed E-state index contributed by atoms with van der Waals surface area (Å²) in [6, 6.07) is 17.2. The summed E-state index contributed by atoms with van der Waals surface area (Å²) in [4.78, 5) is 38.8. The van der Waals surface area contributed by atoms with E-state index in [1.807, 2.05) is 30.3 Å². The van der Waals surface area contributed by atoms with Crippen LogP contribution in [0.1, 0.15) is 15.9 Å². The zero-order valence-electron chi connectivity index (χ0n) is 18.5. The second-order valence-corrected chi connectivity index (χ2v) is 8.43. The van der Waals surface area contributed by atoms with Gasteiger partial charge in [0.05, 0.1) is 12.0 Å². The van der Waals surface area contributed by atoms with E-state index in [9.17, 15) is 23.2 Å². The van der Waals surface area contributed by atoms with E-state index in [0.717, 1.165) is 27.4 Å². The largest absolute Gasteiger partial charge is 0.493 e. The number of methoxy groups -OCH3 is 1. The average Bonchev–Trinajstić information content (AvgIpc) is 3.11. The molecule has 180 valence electrons. The van der Waals surface area contributed by atoms with Crippen LogP contribution in [0.25, 0.3) is 16.8 Å². The van der Waals surface area contributed by atoms with E-state index in [1.54, 1.807) is 12.1 Å². The molecule has 1 fully saturated rings. The van der Waals surface area contributed by atoms with Gasteiger partial charge >= 0.3 is 6.61 Å². The Kier molecular flexibility index (Phi) is 7.31. The number of alkyl halides is 2.